The van der Waals surface area contributed by atoms with Crippen molar-refractivity contribution in [2.75, 3.05) is 37.3 Å². The van der Waals surface area contributed by atoms with Crippen LogP contribution in [0.2, 0.25) is 0 Å². The monoisotopic (exact) mass is 425 g/mol. The lowest BCUT2D eigenvalue weighted by Gasteiger charge is -2.36. The van der Waals surface area contributed by atoms with Gasteiger partial charge in [0.15, 0.2) is 9.84 Å². The van der Waals surface area contributed by atoms with Crippen LogP contribution < -0.4 is 4.90 Å². The second kappa shape index (κ2) is 7.74. The Balaban J connectivity index is 1.85. The molecule has 0 saturated carbocycles. The van der Waals surface area contributed by atoms with E-state index in [9.17, 15) is 32.1 Å². The highest BCUT2D eigenvalue weighted by atomic mass is 32.2. The van der Waals surface area contributed by atoms with Crippen molar-refractivity contribution in [3.8, 4) is 0 Å². The van der Waals surface area contributed by atoms with Gasteiger partial charge in [-0.3, -0.25) is 14.9 Å². The highest BCUT2D eigenvalue weighted by Gasteiger charge is 2.32. The minimum Gasteiger partial charge on any atom is -0.362 e. The Bertz CT molecular complexity index is 1060. The number of anilines is 1. The molecule has 0 radical (unpaired) electrons. The van der Waals surface area contributed by atoms with E-state index in [2.05, 4.69) is 0 Å². The van der Waals surface area contributed by atoms with Crippen LogP contribution in [-0.4, -0.2) is 56.6 Å². The fourth-order valence-corrected chi connectivity index (χ4v) is 4.12. The fourth-order valence-electron chi connectivity index (χ4n) is 3.26. The third-order valence-corrected chi connectivity index (χ3v) is 5.77. The molecule has 0 N–H and O–H groups in total. The van der Waals surface area contributed by atoms with Crippen molar-refractivity contribution in [3.05, 3.63) is 63.7 Å². The summed E-state index contributed by atoms with van der Waals surface area (Å²) < 4.78 is 51.5. The predicted octanol–water partition coefficient (Wildman–Crippen LogP) is 2.24. The molecule has 154 valence electrons. The first-order valence-electron chi connectivity index (χ1n) is 8.57. The molecule has 0 aromatic heterocycles. The molecule has 0 atom stereocenters. The number of halogens is 2. The molecule has 1 heterocycles. The van der Waals surface area contributed by atoms with Gasteiger partial charge < -0.3 is 9.80 Å². The summed E-state index contributed by atoms with van der Waals surface area (Å²) in [4.78, 5) is 25.7. The van der Waals surface area contributed by atoms with Gasteiger partial charge in [0.2, 0.25) is 0 Å². The van der Waals surface area contributed by atoms with E-state index in [0.717, 1.165) is 30.5 Å². The molecule has 0 spiro atoms. The molecule has 1 aliphatic heterocycles. The number of piperazine rings is 1. The van der Waals surface area contributed by atoms with Gasteiger partial charge in [-0.05, 0) is 24.3 Å². The second-order valence-corrected chi connectivity index (χ2v) is 8.51. The zero-order chi connectivity index (χ0) is 21.3. The van der Waals surface area contributed by atoms with Crippen molar-refractivity contribution in [3.63, 3.8) is 0 Å². The smallest absolute Gasteiger partial charge is 0.311 e. The molecule has 29 heavy (non-hydrogen) atoms. The minimum absolute atomic E-state index is 0.0624. The van der Waals surface area contributed by atoms with Gasteiger partial charge in [-0.15, -0.1) is 0 Å². The molecular weight excluding hydrogens is 408 g/mol. The van der Waals surface area contributed by atoms with Crippen LogP contribution in [-0.2, 0) is 9.84 Å². The van der Waals surface area contributed by atoms with E-state index in [1.54, 1.807) is 4.90 Å². The normalized spacial score (nSPS) is 14.7. The molecule has 2 aromatic carbocycles. The van der Waals surface area contributed by atoms with Gasteiger partial charge >= 0.3 is 5.69 Å². The first-order valence-corrected chi connectivity index (χ1v) is 10.5. The van der Waals surface area contributed by atoms with Crippen molar-refractivity contribution in [1.29, 1.82) is 0 Å². The van der Waals surface area contributed by atoms with E-state index in [4.69, 9.17) is 0 Å². The molecule has 3 rings (SSSR count). The summed E-state index contributed by atoms with van der Waals surface area (Å²) in [5, 5.41) is 11.5. The number of benzene rings is 2. The predicted molar refractivity (Wildman–Crippen MR) is 101 cm³/mol. The number of carbonyl (C=O) groups excluding carboxylic acids is 1. The topological polar surface area (TPSA) is 101 Å². The van der Waals surface area contributed by atoms with Crippen molar-refractivity contribution in [2.24, 2.45) is 0 Å². The molecule has 0 bridgehead atoms. The first kappa shape index (κ1) is 20.6. The average molecular weight is 425 g/mol. The first-order chi connectivity index (χ1) is 13.6. The molecule has 11 heteroatoms. The Morgan fingerprint density at radius 3 is 2.10 bits per heavy atom. The fraction of sp³-hybridized carbons (Fsp3) is 0.278. The van der Waals surface area contributed by atoms with Crippen LogP contribution in [0.25, 0.3) is 0 Å². The molecule has 1 amide bonds. The molecular formula is C18H17F2N3O5S. The van der Waals surface area contributed by atoms with Gasteiger partial charge in [0.05, 0.1) is 4.92 Å². The minimum atomic E-state index is -3.83. The van der Waals surface area contributed by atoms with E-state index < -0.39 is 48.4 Å². The summed E-state index contributed by atoms with van der Waals surface area (Å²) in [6, 6.07) is 7.15. The molecule has 1 fully saturated rings. The molecule has 1 saturated heterocycles. The number of hydrogen-bond donors (Lipinski definition) is 0. The van der Waals surface area contributed by atoms with Crippen LogP contribution in [0.3, 0.4) is 0 Å². The SMILES string of the molecule is CS(=O)(=O)c1cccc(N2CCN(C(=O)c3c(F)cccc3F)CC2)c1[N+](=O)[O-]. The Morgan fingerprint density at radius 1 is 1.03 bits per heavy atom. The van der Waals surface area contributed by atoms with Crippen molar-refractivity contribution in [2.45, 2.75) is 4.90 Å². The lowest BCUT2D eigenvalue weighted by Crippen LogP contribution is -2.49. The molecule has 1 aliphatic rings. The Morgan fingerprint density at radius 2 is 1.59 bits per heavy atom. The van der Waals surface area contributed by atoms with Gasteiger partial charge in [0, 0.05) is 32.4 Å². The van der Waals surface area contributed by atoms with Crippen molar-refractivity contribution < 1.29 is 26.9 Å². The zero-order valence-corrected chi connectivity index (χ0v) is 16.2. The molecule has 2 aromatic rings. The van der Waals surface area contributed by atoms with E-state index in [-0.39, 0.29) is 31.9 Å². The Kier molecular flexibility index (Phi) is 5.51. The van der Waals surface area contributed by atoms with E-state index >= 15 is 0 Å². The maximum atomic E-state index is 13.9. The van der Waals surface area contributed by atoms with Gasteiger partial charge in [-0.25, -0.2) is 17.2 Å². The van der Waals surface area contributed by atoms with Crippen molar-refractivity contribution in [1.82, 2.24) is 4.90 Å². The number of sulfone groups is 1. The van der Waals surface area contributed by atoms with E-state index in [1.807, 2.05) is 0 Å². The summed E-state index contributed by atoms with van der Waals surface area (Å²) in [5.74, 6) is -2.73. The summed E-state index contributed by atoms with van der Waals surface area (Å²) in [6.07, 6.45) is 0.888. The summed E-state index contributed by atoms with van der Waals surface area (Å²) >= 11 is 0. The largest absolute Gasteiger partial charge is 0.362 e. The Labute approximate surface area is 165 Å². The summed E-state index contributed by atoms with van der Waals surface area (Å²) in [5.41, 5.74) is -1.07. The van der Waals surface area contributed by atoms with Crippen molar-refractivity contribution >= 4 is 27.1 Å². The number of nitrogens with zero attached hydrogens (tertiary/aromatic N) is 3. The number of hydrogen-bond acceptors (Lipinski definition) is 6. The van der Waals surface area contributed by atoms with Gasteiger partial charge in [-0.2, -0.15) is 0 Å². The number of carbonyl (C=O) groups is 1. The summed E-state index contributed by atoms with van der Waals surface area (Å²) in [7, 11) is -3.83. The third-order valence-electron chi connectivity index (χ3n) is 4.64. The number of nitro benzene ring substituents is 1. The number of rotatable bonds is 4. The second-order valence-electron chi connectivity index (χ2n) is 6.53. The van der Waals surface area contributed by atoms with Crippen LogP contribution in [0, 0.1) is 21.7 Å². The van der Waals surface area contributed by atoms with Crippen LogP contribution in [0.1, 0.15) is 10.4 Å². The number of nitro groups is 1. The van der Waals surface area contributed by atoms with E-state index in [0.29, 0.717) is 0 Å². The maximum absolute atomic E-state index is 13.9. The molecule has 0 aliphatic carbocycles. The lowest BCUT2D eigenvalue weighted by molar-refractivity contribution is -0.387. The maximum Gasteiger partial charge on any atom is 0.311 e. The van der Waals surface area contributed by atoms with Crippen LogP contribution in [0.15, 0.2) is 41.3 Å². The van der Waals surface area contributed by atoms with Crippen LogP contribution in [0.5, 0.6) is 0 Å². The number of para-hydroxylation sites is 1. The quantitative estimate of drug-likeness (QED) is 0.550. The standard InChI is InChI=1S/C18H17F2N3O5S/c1-29(27,28)15-7-3-6-14(17(15)23(25)26)21-8-10-22(11-9-21)18(24)16-12(19)4-2-5-13(16)20/h2-7H,8-11H2,1H3. The molecule has 8 nitrogen and oxygen atoms in total. The third kappa shape index (κ3) is 4.04. The van der Waals surface area contributed by atoms with Crippen LogP contribution >= 0.6 is 0 Å². The van der Waals surface area contributed by atoms with Gasteiger partial charge in [0.25, 0.3) is 5.91 Å². The lowest BCUT2D eigenvalue weighted by atomic mass is 10.1. The Hall–Kier alpha value is -3.08. The highest BCUT2D eigenvalue weighted by molar-refractivity contribution is 7.90. The van der Waals surface area contributed by atoms with Crippen LogP contribution in [0.4, 0.5) is 20.2 Å². The van der Waals surface area contributed by atoms with Gasteiger partial charge in [0.1, 0.15) is 27.8 Å². The average Bonchev–Trinajstić information content (AvgIpc) is 2.66. The van der Waals surface area contributed by atoms with E-state index in [1.165, 1.54) is 17.0 Å². The zero-order valence-electron chi connectivity index (χ0n) is 15.3. The number of amides is 1. The van der Waals surface area contributed by atoms with Gasteiger partial charge in [-0.1, -0.05) is 12.1 Å². The highest BCUT2D eigenvalue weighted by Crippen LogP contribution is 2.35. The molecule has 0 unspecified atom stereocenters. The summed E-state index contributed by atoms with van der Waals surface area (Å²) in [6.45, 7) is 0.394.